The molecule has 0 spiro atoms. The SMILES string of the molecule is Nc1ccc2c(c1)OC(CN1CN[C@H](C(F)(F)F)C1)C2. The molecule has 0 aromatic heterocycles. The highest BCUT2D eigenvalue weighted by molar-refractivity contribution is 5.50. The topological polar surface area (TPSA) is 50.5 Å². The Labute approximate surface area is 114 Å². The van der Waals surface area contributed by atoms with E-state index in [0.29, 0.717) is 18.7 Å². The van der Waals surface area contributed by atoms with E-state index in [1.807, 2.05) is 12.1 Å². The van der Waals surface area contributed by atoms with Crippen LogP contribution < -0.4 is 15.8 Å². The zero-order valence-electron chi connectivity index (χ0n) is 10.8. The Morgan fingerprint density at radius 3 is 2.90 bits per heavy atom. The molecule has 7 heteroatoms. The van der Waals surface area contributed by atoms with Crippen molar-refractivity contribution in [2.75, 3.05) is 25.5 Å². The molecule has 2 heterocycles. The van der Waals surface area contributed by atoms with Crippen LogP contribution in [0.4, 0.5) is 18.9 Å². The van der Waals surface area contributed by atoms with Crippen molar-refractivity contribution in [1.29, 1.82) is 0 Å². The minimum absolute atomic E-state index is 0.0259. The number of halogens is 3. The van der Waals surface area contributed by atoms with Gasteiger partial charge in [0.1, 0.15) is 17.9 Å². The van der Waals surface area contributed by atoms with E-state index in [0.717, 1.165) is 11.3 Å². The Kier molecular flexibility index (Phi) is 3.25. The van der Waals surface area contributed by atoms with Gasteiger partial charge < -0.3 is 10.5 Å². The standard InChI is InChI=1S/C13H16F3N3O/c14-13(15,16)12-6-19(7-18-12)5-10-3-8-1-2-9(17)4-11(8)20-10/h1-2,4,10,12,18H,3,5-7,17H2/t10?,12-/m0/s1. The summed E-state index contributed by atoms with van der Waals surface area (Å²) < 4.78 is 43.5. The summed E-state index contributed by atoms with van der Waals surface area (Å²) in [6.45, 7) is 0.693. The number of benzene rings is 1. The van der Waals surface area contributed by atoms with Gasteiger partial charge in [-0.05, 0) is 11.6 Å². The molecule has 2 atom stereocenters. The van der Waals surface area contributed by atoms with Crippen molar-refractivity contribution in [3.05, 3.63) is 23.8 Å². The maximum atomic E-state index is 12.6. The molecule has 3 N–H and O–H groups in total. The third-order valence-corrected chi connectivity index (χ3v) is 3.69. The van der Waals surface area contributed by atoms with Gasteiger partial charge in [0.2, 0.25) is 0 Å². The second-order valence-corrected chi connectivity index (χ2v) is 5.30. The summed E-state index contributed by atoms with van der Waals surface area (Å²) in [7, 11) is 0. The third-order valence-electron chi connectivity index (χ3n) is 3.69. The van der Waals surface area contributed by atoms with Crippen LogP contribution in [0.15, 0.2) is 18.2 Å². The number of nitrogens with two attached hydrogens (primary N) is 1. The highest BCUT2D eigenvalue weighted by atomic mass is 19.4. The minimum atomic E-state index is -4.19. The number of rotatable bonds is 2. The van der Waals surface area contributed by atoms with Crippen molar-refractivity contribution in [2.24, 2.45) is 0 Å². The largest absolute Gasteiger partial charge is 0.488 e. The molecule has 0 aliphatic carbocycles. The summed E-state index contributed by atoms with van der Waals surface area (Å²) in [6.07, 6.45) is -3.59. The maximum Gasteiger partial charge on any atom is 0.405 e. The second-order valence-electron chi connectivity index (χ2n) is 5.30. The number of hydrogen-bond acceptors (Lipinski definition) is 4. The molecule has 1 saturated heterocycles. The van der Waals surface area contributed by atoms with Crippen molar-refractivity contribution in [3.63, 3.8) is 0 Å². The van der Waals surface area contributed by atoms with Gasteiger partial charge in [0.05, 0.1) is 0 Å². The lowest BCUT2D eigenvalue weighted by Gasteiger charge is -2.19. The van der Waals surface area contributed by atoms with Gasteiger partial charge in [-0.25, -0.2) is 0 Å². The van der Waals surface area contributed by atoms with Crippen molar-refractivity contribution >= 4 is 5.69 Å². The molecular formula is C13H16F3N3O. The molecular weight excluding hydrogens is 271 g/mol. The first-order valence-corrected chi connectivity index (χ1v) is 6.49. The summed E-state index contributed by atoms with van der Waals surface area (Å²) in [5.74, 6) is 0.745. The minimum Gasteiger partial charge on any atom is -0.488 e. The maximum absolute atomic E-state index is 12.6. The van der Waals surface area contributed by atoms with Gasteiger partial charge in [-0.15, -0.1) is 0 Å². The van der Waals surface area contributed by atoms with Gasteiger partial charge in [0.15, 0.2) is 0 Å². The number of alkyl halides is 3. The van der Waals surface area contributed by atoms with Crippen LogP contribution in [0.5, 0.6) is 5.75 Å². The molecule has 0 amide bonds. The quantitative estimate of drug-likeness (QED) is 0.807. The molecule has 2 aliphatic rings. The summed E-state index contributed by atoms with van der Waals surface area (Å²) >= 11 is 0. The number of ether oxygens (including phenoxy) is 1. The molecule has 1 fully saturated rings. The number of nitrogens with zero attached hydrogens (tertiary/aromatic N) is 1. The van der Waals surface area contributed by atoms with Gasteiger partial charge >= 0.3 is 6.18 Å². The lowest BCUT2D eigenvalue weighted by Crippen LogP contribution is -2.39. The highest BCUT2D eigenvalue weighted by Gasteiger charge is 2.44. The molecule has 4 nitrogen and oxygen atoms in total. The first-order chi connectivity index (χ1) is 9.41. The molecule has 3 rings (SSSR count). The number of hydrogen-bond donors (Lipinski definition) is 2. The van der Waals surface area contributed by atoms with Crippen LogP contribution in [-0.2, 0) is 6.42 Å². The second kappa shape index (κ2) is 4.82. The zero-order chi connectivity index (χ0) is 14.3. The van der Waals surface area contributed by atoms with E-state index >= 15 is 0 Å². The van der Waals surface area contributed by atoms with E-state index < -0.39 is 12.2 Å². The Bertz CT molecular complexity index is 506. The number of anilines is 1. The molecule has 20 heavy (non-hydrogen) atoms. The van der Waals surface area contributed by atoms with Gasteiger partial charge in [-0.2, -0.15) is 13.2 Å². The predicted octanol–water partition coefficient (Wildman–Crippen LogP) is 1.37. The van der Waals surface area contributed by atoms with E-state index in [4.69, 9.17) is 10.5 Å². The molecule has 110 valence electrons. The Morgan fingerprint density at radius 2 is 2.20 bits per heavy atom. The van der Waals surface area contributed by atoms with E-state index in [1.165, 1.54) is 0 Å². The molecule has 0 radical (unpaired) electrons. The Balaban J connectivity index is 1.57. The summed E-state index contributed by atoms with van der Waals surface area (Å²) in [4.78, 5) is 1.73. The summed E-state index contributed by atoms with van der Waals surface area (Å²) in [6, 6.07) is 4.03. The van der Waals surface area contributed by atoms with Crippen LogP contribution in [0.3, 0.4) is 0 Å². The molecule has 2 aliphatic heterocycles. The van der Waals surface area contributed by atoms with Crippen molar-refractivity contribution in [3.8, 4) is 5.75 Å². The molecule has 1 unspecified atom stereocenters. The van der Waals surface area contributed by atoms with Crippen LogP contribution in [0.2, 0.25) is 0 Å². The first kappa shape index (κ1) is 13.5. The molecule has 1 aromatic carbocycles. The predicted molar refractivity (Wildman–Crippen MR) is 68.4 cm³/mol. The van der Waals surface area contributed by atoms with Gasteiger partial charge in [-0.3, -0.25) is 10.2 Å². The fraction of sp³-hybridized carbons (Fsp3) is 0.538. The highest BCUT2D eigenvalue weighted by Crippen LogP contribution is 2.31. The van der Waals surface area contributed by atoms with E-state index in [1.54, 1.807) is 11.0 Å². The lowest BCUT2D eigenvalue weighted by molar-refractivity contribution is -0.150. The fourth-order valence-corrected chi connectivity index (χ4v) is 2.69. The first-order valence-electron chi connectivity index (χ1n) is 6.49. The third kappa shape index (κ3) is 2.69. The zero-order valence-corrected chi connectivity index (χ0v) is 10.8. The van der Waals surface area contributed by atoms with E-state index in [9.17, 15) is 13.2 Å². The van der Waals surface area contributed by atoms with Crippen LogP contribution in [-0.4, -0.2) is 43.0 Å². The van der Waals surface area contributed by atoms with Crippen LogP contribution in [0, 0.1) is 0 Å². The Hall–Kier alpha value is -1.47. The monoisotopic (exact) mass is 287 g/mol. The van der Waals surface area contributed by atoms with Crippen molar-refractivity contribution in [1.82, 2.24) is 10.2 Å². The smallest absolute Gasteiger partial charge is 0.405 e. The van der Waals surface area contributed by atoms with Crippen LogP contribution in [0.1, 0.15) is 5.56 Å². The van der Waals surface area contributed by atoms with Gasteiger partial charge in [0, 0.05) is 37.9 Å². The van der Waals surface area contributed by atoms with Crippen LogP contribution >= 0.6 is 0 Å². The van der Waals surface area contributed by atoms with E-state index in [2.05, 4.69) is 5.32 Å². The molecule has 0 saturated carbocycles. The Morgan fingerprint density at radius 1 is 1.40 bits per heavy atom. The van der Waals surface area contributed by atoms with Crippen molar-refractivity contribution in [2.45, 2.75) is 24.7 Å². The van der Waals surface area contributed by atoms with Crippen molar-refractivity contribution < 1.29 is 17.9 Å². The van der Waals surface area contributed by atoms with Gasteiger partial charge in [-0.1, -0.05) is 6.07 Å². The molecule has 1 aromatic rings. The summed E-state index contributed by atoms with van der Waals surface area (Å²) in [5.41, 5.74) is 7.37. The number of nitrogens with one attached hydrogen (secondary N) is 1. The summed E-state index contributed by atoms with van der Waals surface area (Å²) in [5, 5.41) is 2.48. The van der Waals surface area contributed by atoms with Gasteiger partial charge in [0.25, 0.3) is 0 Å². The molecule has 0 bridgehead atoms. The number of fused-ring (bicyclic) bond motifs is 1. The number of nitrogen functional groups attached to an aromatic ring is 1. The fourth-order valence-electron chi connectivity index (χ4n) is 2.69. The van der Waals surface area contributed by atoms with Crippen LogP contribution in [0.25, 0.3) is 0 Å². The lowest BCUT2D eigenvalue weighted by atomic mass is 10.1. The van der Waals surface area contributed by atoms with E-state index in [-0.39, 0.29) is 19.3 Å². The average molecular weight is 287 g/mol. The normalized spacial score (nSPS) is 26.6. The average Bonchev–Trinajstić information content (AvgIpc) is 2.94.